The van der Waals surface area contributed by atoms with Crippen molar-refractivity contribution in [2.24, 2.45) is 0 Å². The van der Waals surface area contributed by atoms with E-state index < -0.39 is 11.9 Å². The van der Waals surface area contributed by atoms with E-state index in [1.54, 1.807) is 30.0 Å². The molecular weight excluding hydrogens is 421 g/mol. The Labute approximate surface area is 181 Å². The highest BCUT2D eigenvalue weighted by Crippen LogP contribution is 2.34. The molecule has 1 aliphatic rings. The third kappa shape index (κ3) is 3.61. The number of fused-ring (bicyclic) bond motifs is 2. The maximum Gasteiger partial charge on any atom is 0.433 e. The maximum atomic E-state index is 13.6. The standard InChI is InChI=1S/C23H21F3N4O2/c1-13-9-21-27-18(12-20(23(24,25)26)30(21)28-13)15-5-7-29(8-6-15)22(31)16-3-4-19-17(11-16)10-14(2)32-19/h3-4,9-12,15H,5-8H2,1-2H3. The average Bonchev–Trinajstić information content (AvgIpc) is 3.31. The van der Waals surface area contributed by atoms with Crippen LogP contribution in [0, 0.1) is 13.8 Å². The van der Waals surface area contributed by atoms with E-state index in [2.05, 4.69) is 10.1 Å². The van der Waals surface area contributed by atoms with Gasteiger partial charge in [-0.25, -0.2) is 9.50 Å². The highest BCUT2D eigenvalue weighted by molar-refractivity contribution is 5.97. The Morgan fingerprint density at radius 1 is 1.09 bits per heavy atom. The monoisotopic (exact) mass is 442 g/mol. The lowest BCUT2D eigenvalue weighted by atomic mass is 9.92. The average molecular weight is 442 g/mol. The maximum absolute atomic E-state index is 13.6. The van der Waals surface area contributed by atoms with E-state index in [-0.39, 0.29) is 17.5 Å². The Morgan fingerprint density at radius 2 is 1.84 bits per heavy atom. The molecule has 1 aliphatic heterocycles. The molecule has 6 nitrogen and oxygen atoms in total. The summed E-state index contributed by atoms with van der Waals surface area (Å²) in [7, 11) is 0. The van der Waals surface area contributed by atoms with Crippen molar-refractivity contribution in [3.8, 4) is 0 Å². The SMILES string of the molecule is Cc1cc2nc(C3CCN(C(=O)c4ccc5oc(C)cc5c4)CC3)cc(C(F)(F)F)n2n1. The number of aromatic nitrogens is 3. The van der Waals surface area contributed by atoms with Gasteiger partial charge in [0.2, 0.25) is 0 Å². The highest BCUT2D eigenvalue weighted by atomic mass is 19.4. The summed E-state index contributed by atoms with van der Waals surface area (Å²) in [4.78, 5) is 19.2. The predicted octanol–water partition coefficient (Wildman–Crippen LogP) is 5.13. The number of nitrogens with zero attached hydrogens (tertiary/aromatic N) is 4. The van der Waals surface area contributed by atoms with Crippen LogP contribution in [0.3, 0.4) is 0 Å². The Balaban J connectivity index is 1.36. The minimum Gasteiger partial charge on any atom is -0.461 e. The molecule has 0 atom stereocenters. The summed E-state index contributed by atoms with van der Waals surface area (Å²) in [5.41, 5.74) is 1.54. The molecule has 0 saturated carbocycles. The van der Waals surface area contributed by atoms with E-state index in [9.17, 15) is 18.0 Å². The normalized spacial score (nSPS) is 15.7. The molecule has 1 fully saturated rings. The van der Waals surface area contributed by atoms with Gasteiger partial charge in [-0.1, -0.05) is 0 Å². The molecule has 32 heavy (non-hydrogen) atoms. The van der Waals surface area contributed by atoms with Gasteiger partial charge in [0.15, 0.2) is 5.65 Å². The highest BCUT2D eigenvalue weighted by Gasteiger charge is 2.36. The Hall–Kier alpha value is -3.36. The summed E-state index contributed by atoms with van der Waals surface area (Å²) in [5, 5.41) is 4.80. The fourth-order valence-electron chi connectivity index (χ4n) is 4.39. The molecule has 0 N–H and O–H groups in total. The lowest BCUT2D eigenvalue weighted by molar-refractivity contribution is -0.142. The van der Waals surface area contributed by atoms with Crippen LogP contribution in [0.2, 0.25) is 0 Å². The third-order valence-corrected chi connectivity index (χ3v) is 5.95. The van der Waals surface area contributed by atoms with Crippen LogP contribution < -0.4 is 0 Å². The van der Waals surface area contributed by atoms with E-state index in [1.165, 1.54) is 0 Å². The van der Waals surface area contributed by atoms with Crippen molar-refractivity contribution in [1.29, 1.82) is 0 Å². The van der Waals surface area contributed by atoms with Gasteiger partial charge in [-0.05, 0) is 57.0 Å². The van der Waals surface area contributed by atoms with Crippen molar-refractivity contribution in [3.63, 3.8) is 0 Å². The molecule has 0 radical (unpaired) electrons. The van der Waals surface area contributed by atoms with Crippen molar-refractivity contribution in [1.82, 2.24) is 19.5 Å². The number of halogens is 3. The van der Waals surface area contributed by atoms with Crippen molar-refractivity contribution in [3.05, 3.63) is 64.8 Å². The van der Waals surface area contributed by atoms with Crippen molar-refractivity contribution < 1.29 is 22.4 Å². The molecule has 166 valence electrons. The summed E-state index contributed by atoms with van der Waals surface area (Å²) in [6, 6.07) is 9.87. The first-order chi connectivity index (χ1) is 15.2. The number of alkyl halides is 3. The predicted molar refractivity (Wildman–Crippen MR) is 112 cm³/mol. The van der Waals surface area contributed by atoms with E-state index in [4.69, 9.17) is 4.42 Å². The number of benzene rings is 1. The van der Waals surface area contributed by atoms with Crippen LogP contribution in [0.4, 0.5) is 13.2 Å². The van der Waals surface area contributed by atoms with E-state index >= 15 is 0 Å². The van der Waals surface area contributed by atoms with Crippen LogP contribution in [0.25, 0.3) is 16.6 Å². The van der Waals surface area contributed by atoms with Crippen molar-refractivity contribution in [2.75, 3.05) is 13.1 Å². The van der Waals surface area contributed by atoms with Crippen molar-refractivity contribution >= 4 is 22.5 Å². The minimum atomic E-state index is -4.53. The van der Waals surface area contributed by atoms with E-state index in [0.29, 0.717) is 42.9 Å². The number of likely N-dealkylation sites (tertiary alicyclic amines) is 1. The number of rotatable bonds is 2. The first-order valence-electron chi connectivity index (χ1n) is 10.4. The summed E-state index contributed by atoms with van der Waals surface area (Å²) >= 11 is 0. The molecule has 1 saturated heterocycles. The number of aryl methyl sites for hydroxylation is 2. The molecule has 0 bridgehead atoms. The first-order valence-corrected chi connectivity index (χ1v) is 10.4. The lowest BCUT2D eigenvalue weighted by Crippen LogP contribution is -2.38. The molecule has 4 aromatic rings. The van der Waals surface area contributed by atoms with Gasteiger partial charge in [-0.2, -0.15) is 18.3 Å². The van der Waals surface area contributed by atoms with Gasteiger partial charge < -0.3 is 9.32 Å². The van der Waals surface area contributed by atoms with E-state index in [0.717, 1.165) is 27.3 Å². The second-order valence-corrected chi connectivity index (χ2v) is 8.30. The van der Waals surface area contributed by atoms with Gasteiger partial charge in [0, 0.05) is 41.7 Å². The van der Waals surface area contributed by atoms with Crippen molar-refractivity contribution in [2.45, 2.75) is 38.8 Å². The van der Waals surface area contributed by atoms with Gasteiger partial charge in [-0.3, -0.25) is 4.79 Å². The molecule has 9 heteroatoms. The largest absolute Gasteiger partial charge is 0.461 e. The number of hydrogen-bond donors (Lipinski definition) is 0. The number of amides is 1. The molecule has 5 rings (SSSR count). The van der Waals surface area contributed by atoms with Crippen LogP contribution in [-0.4, -0.2) is 38.5 Å². The molecule has 0 spiro atoms. The van der Waals surface area contributed by atoms with Crippen LogP contribution >= 0.6 is 0 Å². The fraction of sp³-hybridized carbons (Fsp3) is 0.348. The third-order valence-electron chi connectivity index (χ3n) is 5.95. The Kier molecular flexibility index (Phi) is 4.72. The Bertz CT molecular complexity index is 1330. The molecule has 4 heterocycles. The first kappa shape index (κ1) is 20.5. The zero-order chi connectivity index (χ0) is 22.6. The molecular formula is C23H21F3N4O2. The smallest absolute Gasteiger partial charge is 0.433 e. The number of furan rings is 1. The number of piperidine rings is 1. The number of carbonyl (C=O) groups is 1. The minimum absolute atomic E-state index is 0.0880. The second-order valence-electron chi connectivity index (χ2n) is 8.30. The zero-order valence-electron chi connectivity index (χ0n) is 17.6. The fourth-order valence-corrected chi connectivity index (χ4v) is 4.39. The summed E-state index contributed by atoms with van der Waals surface area (Å²) in [5.74, 6) is 0.538. The van der Waals surface area contributed by atoms with Crippen LogP contribution in [0.1, 0.15) is 52.0 Å². The van der Waals surface area contributed by atoms with Gasteiger partial charge in [-0.15, -0.1) is 0 Å². The zero-order valence-corrected chi connectivity index (χ0v) is 17.6. The number of carbonyl (C=O) groups excluding carboxylic acids is 1. The lowest BCUT2D eigenvalue weighted by Gasteiger charge is -2.32. The van der Waals surface area contributed by atoms with Gasteiger partial charge in [0.25, 0.3) is 5.91 Å². The van der Waals surface area contributed by atoms with Crippen LogP contribution in [-0.2, 0) is 6.18 Å². The van der Waals surface area contributed by atoms with Gasteiger partial charge >= 0.3 is 6.18 Å². The molecule has 1 amide bonds. The summed E-state index contributed by atoms with van der Waals surface area (Å²) < 4.78 is 47.2. The number of hydrogen-bond acceptors (Lipinski definition) is 4. The molecule has 3 aromatic heterocycles. The topological polar surface area (TPSA) is 63.6 Å². The Morgan fingerprint density at radius 3 is 2.56 bits per heavy atom. The van der Waals surface area contributed by atoms with E-state index in [1.807, 2.05) is 19.1 Å². The summed E-state index contributed by atoms with van der Waals surface area (Å²) in [6.45, 7) is 4.41. The summed E-state index contributed by atoms with van der Waals surface area (Å²) in [6.07, 6.45) is -3.44. The quantitative estimate of drug-likeness (QED) is 0.432. The van der Waals surface area contributed by atoms with Gasteiger partial charge in [0.1, 0.15) is 17.0 Å². The molecule has 0 aliphatic carbocycles. The van der Waals surface area contributed by atoms with Crippen LogP contribution in [0.15, 0.2) is 40.8 Å². The van der Waals surface area contributed by atoms with Crippen LogP contribution in [0.5, 0.6) is 0 Å². The molecule has 1 aromatic carbocycles. The second kappa shape index (κ2) is 7.36. The molecule has 0 unspecified atom stereocenters. The van der Waals surface area contributed by atoms with Gasteiger partial charge in [0.05, 0.1) is 5.69 Å².